The van der Waals surface area contributed by atoms with E-state index >= 15 is 0 Å². The molecule has 0 amide bonds. The summed E-state index contributed by atoms with van der Waals surface area (Å²) in [4.78, 5) is 0. The Balaban J connectivity index is 2.04. The summed E-state index contributed by atoms with van der Waals surface area (Å²) in [6, 6.07) is 16.0. The van der Waals surface area contributed by atoms with Crippen LogP contribution in [0.4, 0.5) is 0 Å². The van der Waals surface area contributed by atoms with Crippen molar-refractivity contribution in [3.05, 3.63) is 65.2 Å². The lowest BCUT2D eigenvalue weighted by Gasteiger charge is -2.10. The van der Waals surface area contributed by atoms with Crippen molar-refractivity contribution in [3.63, 3.8) is 0 Å². The highest BCUT2D eigenvalue weighted by Gasteiger charge is 2.06. The molecule has 2 aromatic rings. The first kappa shape index (κ1) is 14.5. The molecule has 0 bridgehead atoms. The lowest BCUT2D eigenvalue weighted by Crippen LogP contribution is -2.11. The summed E-state index contributed by atoms with van der Waals surface area (Å²) in [5.41, 5.74) is 8.64. The Morgan fingerprint density at radius 1 is 1.15 bits per heavy atom. The zero-order valence-electron chi connectivity index (χ0n) is 11.4. The van der Waals surface area contributed by atoms with E-state index in [2.05, 4.69) is 12.1 Å². The highest BCUT2D eigenvalue weighted by Crippen LogP contribution is 2.26. The third kappa shape index (κ3) is 3.78. The van der Waals surface area contributed by atoms with Gasteiger partial charge >= 0.3 is 0 Å². The summed E-state index contributed by atoms with van der Waals surface area (Å²) in [5.74, 6) is 2.71. The molecule has 0 unspecified atom stereocenters. The fourth-order valence-electron chi connectivity index (χ4n) is 1.91. The van der Waals surface area contributed by atoms with E-state index in [1.165, 1.54) is 5.56 Å². The van der Waals surface area contributed by atoms with Crippen LogP contribution in [0.3, 0.4) is 0 Å². The fourth-order valence-corrected chi connectivity index (χ4v) is 2.89. The molecule has 0 aromatic heterocycles. The number of amidine groups is 1. The largest absolute Gasteiger partial charge is 0.496 e. The van der Waals surface area contributed by atoms with Crippen LogP contribution >= 0.6 is 11.8 Å². The highest BCUT2D eigenvalue weighted by molar-refractivity contribution is 7.97. The Hall–Kier alpha value is -1.94. The molecule has 0 heterocycles. The molecule has 20 heavy (non-hydrogen) atoms. The first-order valence-corrected chi connectivity index (χ1v) is 7.49. The van der Waals surface area contributed by atoms with E-state index in [9.17, 15) is 0 Å². The van der Waals surface area contributed by atoms with Crippen molar-refractivity contribution in [2.24, 2.45) is 5.73 Å². The second-order valence-corrected chi connectivity index (χ2v) is 5.40. The van der Waals surface area contributed by atoms with E-state index < -0.39 is 0 Å². The van der Waals surface area contributed by atoms with E-state index in [1.807, 2.05) is 48.2 Å². The quantitative estimate of drug-likeness (QED) is 0.632. The second-order valence-electron chi connectivity index (χ2n) is 4.42. The van der Waals surface area contributed by atoms with Crippen LogP contribution in [-0.4, -0.2) is 12.9 Å². The number of thioether (sulfide) groups is 1. The minimum atomic E-state index is 0.0852. The van der Waals surface area contributed by atoms with Crippen LogP contribution in [0.25, 0.3) is 0 Å². The van der Waals surface area contributed by atoms with Gasteiger partial charge in [-0.2, -0.15) is 11.8 Å². The molecule has 3 nitrogen and oxygen atoms in total. The number of rotatable bonds is 6. The number of benzene rings is 2. The number of ether oxygens (including phenoxy) is 1. The van der Waals surface area contributed by atoms with Crippen LogP contribution < -0.4 is 10.5 Å². The molecule has 3 N–H and O–H groups in total. The molecule has 104 valence electrons. The van der Waals surface area contributed by atoms with Crippen molar-refractivity contribution < 1.29 is 4.74 Å². The van der Waals surface area contributed by atoms with Gasteiger partial charge in [-0.1, -0.05) is 30.3 Å². The summed E-state index contributed by atoms with van der Waals surface area (Å²) in [7, 11) is 1.66. The normalized spacial score (nSPS) is 10.2. The predicted octanol–water partition coefficient (Wildman–Crippen LogP) is 3.41. The molecule has 0 radical (unpaired) electrons. The summed E-state index contributed by atoms with van der Waals surface area (Å²) in [6.07, 6.45) is 0. The van der Waals surface area contributed by atoms with Gasteiger partial charge in [-0.05, 0) is 23.8 Å². The van der Waals surface area contributed by atoms with Crippen LogP contribution in [-0.2, 0) is 11.5 Å². The molecule has 0 aliphatic carbocycles. The molecular formula is C16H18N2OS. The van der Waals surface area contributed by atoms with Gasteiger partial charge in [-0.25, -0.2) is 0 Å². The first-order valence-electron chi connectivity index (χ1n) is 6.33. The highest BCUT2D eigenvalue weighted by atomic mass is 32.2. The first-order chi connectivity index (χ1) is 9.70. The fraction of sp³-hybridized carbons (Fsp3) is 0.188. The van der Waals surface area contributed by atoms with Crippen LogP contribution in [0.5, 0.6) is 5.75 Å². The van der Waals surface area contributed by atoms with Gasteiger partial charge in [-0.15, -0.1) is 0 Å². The van der Waals surface area contributed by atoms with E-state index in [4.69, 9.17) is 15.9 Å². The van der Waals surface area contributed by atoms with E-state index in [1.54, 1.807) is 7.11 Å². The SMILES string of the molecule is COc1ccc(C(=N)N)cc1CSCc1ccccc1. The summed E-state index contributed by atoms with van der Waals surface area (Å²) < 4.78 is 5.36. The van der Waals surface area contributed by atoms with Gasteiger partial charge in [0.1, 0.15) is 11.6 Å². The van der Waals surface area contributed by atoms with E-state index in [0.717, 1.165) is 28.4 Å². The average Bonchev–Trinajstić information content (AvgIpc) is 2.48. The monoisotopic (exact) mass is 286 g/mol. The standard InChI is InChI=1S/C16H18N2OS/c1-19-15-8-7-13(16(17)18)9-14(15)11-20-10-12-5-3-2-4-6-12/h2-9H,10-11H2,1H3,(H3,17,18). The third-order valence-corrected chi connectivity index (χ3v) is 4.01. The van der Waals surface area contributed by atoms with Gasteiger partial charge < -0.3 is 10.5 Å². The number of hydrogen-bond acceptors (Lipinski definition) is 3. The number of methoxy groups -OCH3 is 1. The minimum Gasteiger partial charge on any atom is -0.496 e. The molecule has 2 aromatic carbocycles. The van der Waals surface area contributed by atoms with Crippen molar-refractivity contribution in [3.8, 4) is 5.75 Å². The Bertz CT molecular complexity index is 584. The maximum absolute atomic E-state index is 7.50. The van der Waals surface area contributed by atoms with Crippen LogP contribution in [0, 0.1) is 5.41 Å². The van der Waals surface area contributed by atoms with Crippen molar-refractivity contribution in [1.29, 1.82) is 5.41 Å². The maximum Gasteiger partial charge on any atom is 0.122 e. The average molecular weight is 286 g/mol. The molecule has 0 saturated heterocycles. The van der Waals surface area contributed by atoms with Crippen LogP contribution in [0.15, 0.2) is 48.5 Å². The third-order valence-electron chi connectivity index (χ3n) is 2.96. The lowest BCUT2D eigenvalue weighted by molar-refractivity contribution is 0.411. The Morgan fingerprint density at radius 2 is 1.90 bits per heavy atom. The van der Waals surface area contributed by atoms with Crippen molar-refractivity contribution in [2.45, 2.75) is 11.5 Å². The van der Waals surface area contributed by atoms with Gasteiger partial charge in [0.15, 0.2) is 0 Å². The smallest absolute Gasteiger partial charge is 0.122 e. The number of nitrogens with two attached hydrogens (primary N) is 1. The van der Waals surface area contributed by atoms with E-state index in [0.29, 0.717) is 0 Å². The predicted molar refractivity (Wildman–Crippen MR) is 85.5 cm³/mol. The zero-order valence-corrected chi connectivity index (χ0v) is 12.2. The zero-order chi connectivity index (χ0) is 14.4. The van der Waals surface area contributed by atoms with Gasteiger partial charge in [0.05, 0.1) is 7.11 Å². The summed E-state index contributed by atoms with van der Waals surface area (Å²) in [6.45, 7) is 0. The molecule has 0 aliphatic rings. The molecule has 2 rings (SSSR count). The number of nitrogens with one attached hydrogen (secondary N) is 1. The Kier molecular flexibility index (Phi) is 5.07. The molecular weight excluding hydrogens is 268 g/mol. The van der Waals surface area contributed by atoms with Crippen LogP contribution in [0.2, 0.25) is 0 Å². The van der Waals surface area contributed by atoms with E-state index in [-0.39, 0.29) is 5.84 Å². The number of hydrogen-bond donors (Lipinski definition) is 2. The van der Waals surface area contributed by atoms with Gasteiger partial charge in [0.2, 0.25) is 0 Å². The van der Waals surface area contributed by atoms with Gasteiger partial charge in [0.25, 0.3) is 0 Å². The molecule has 4 heteroatoms. The van der Waals surface area contributed by atoms with Crippen LogP contribution in [0.1, 0.15) is 16.7 Å². The minimum absolute atomic E-state index is 0.0852. The summed E-state index contributed by atoms with van der Waals surface area (Å²) >= 11 is 1.82. The van der Waals surface area contributed by atoms with Crippen molar-refractivity contribution >= 4 is 17.6 Å². The Morgan fingerprint density at radius 3 is 2.55 bits per heavy atom. The maximum atomic E-state index is 7.50. The lowest BCUT2D eigenvalue weighted by atomic mass is 10.1. The molecule has 0 aliphatic heterocycles. The molecule has 0 fully saturated rings. The molecule has 0 atom stereocenters. The van der Waals surface area contributed by atoms with Crippen molar-refractivity contribution in [1.82, 2.24) is 0 Å². The molecule has 0 spiro atoms. The molecule has 0 saturated carbocycles. The topological polar surface area (TPSA) is 59.1 Å². The second kappa shape index (κ2) is 7.01. The van der Waals surface area contributed by atoms with Gasteiger partial charge in [0, 0.05) is 22.6 Å². The van der Waals surface area contributed by atoms with Crippen molar-refractivity contribution in [2.75, 3.05) is 7.11 Å². The van der Waals surface area contributed by atoms with Gasteiger partial charge in [-0.3, -0.25) is 5.41 Å². The summed E-state index contributed by atoms with van der Waals surface area (Å²) in [5, 5.41) is 7.50. The number of nitrogen functional groups attached to an aromatic ring is 1. The Labute approximate surface area is 123 Å².